The quantitative estimate of drug-likeness (QED) is 0.130. The largest absolute Gasteiger partial charge is 0.457 e. The Hall–Kier alpha value is -15.9. The molecule has 2 aliphatic carbocycles. The van der Waals surface area contributed by atoms with Crippen molar-refractivity contribution in [2.24, 2.45) is 0 Å². The molecule has 2 spiro atoms. The number of hydrogen-bond acceptors (Lipinski definition) is 10. The van der Waals surface area contributed by atoms with E-state index in [1.54, 1.807) is 0 Å². The van der Waals surface area contributed by atoms with Crippen LogP contribution in [0, 0.1) is 22.7 Å². The number of nitrogens with zero attached hydrogens (tertiary/aromatic N) is 8. The third-order valence-electron chi connectivity index (χ3n) is 22.9. The smallest absolute Gasteiger partial charge is 0.164 e. The summed E-state index contributed by atoms with van der Waals surface area (Å²) >= 11 is 0. The van der Waals surface area contributed by atoms with E-state index in [9.17, 15) is 10.5 Å². The van der Waals surface area contributed by atoms with Gasteiger partial charge in [0.25, 0.3) is 0 Å². The van der Waals surface area contributed by atoms with E-state index in [2.05, 4.69) is 218 Å². The molecule has 0 radical (unpaired) electrons. The first-order valence-corrected chi connectivity index (χ1v) is 38.6. The van der Waals surface area contributed by atoms with Crippen LogP contribution in [0.2, 0.25) is 0 Å². The average Bonchev–Trinajstić information content (AvgIpc) is 1.49. The zero-order valence-electron chi connectivity index (χ0n) is 62.3. The Morgan fingerprint density at radius 2 is 0.517 bits per heavy atom. The summed E-state index contributed by atoms with van der Waals surface area (Å²) in [5.41, 5.74) is 28.0. The molecule has 4 heterocycles. The van der Waals surface area contributed by atoms with Gasteiger partial charge in [-0.05, 0) is 138 Å². The first-order valence-electron chi connectivity index (χ1n) is 38.6. The topological polar surface area (TPSA) is 143 Å². The summed E-state index contributed by atoms with van der Waals surface area (Å²) in [7, 11) is 0. The number of aromatic nitrogens is 6. The molecule has 0 bridgehead atoms. The summed E-state index contributed by atoms with van der Waals surface area (Å²) in [6, 6.07) is 138. The Bertz CT molecular complexity index is 6800. The van der Waals surface area contributed by atoms with E-state index in [0.29, 0.717) is 46.1 Å². The monoisotopic (exact) mass is 1480 g/mol. The molecular weight excluding hydrogens is 1420 g/mol. The van der Waals surface area contributed by atoms with Gasteiger partial charge in [-0.25, -0.2) is 29.9 Å². The minimum Gasteiger partial charge on any atom is -0.457 e. The Labute approximate surface area is 670 Å². The maximum Gasteiger partial charge on any atom is 0.164 e. The second-order valence-electron chi connectivity index (χ2n) is 29.3. The Kier molecular flexibility index (Phi) is 16.5. The molecule has 0 N–H and O–H groups in total. The molecule has 16 aromatic carbocycles. The van der Waals surface area contributed by atoms with Crippen LogP contribution in [0.1, 0.15) is 55.6 Å². The van der Waals surface area contributed by atoms with Crippen molar-refractivity contribution in [2.75, 3.05) is 0 Å². The predicted molar refractivity (Wildman–Crippen MR) is 458 cm³/mol. The van der Waals surface area contributed by atoms with Gasteiger partial charge in [0, 0.05) is 61.2 Å². The van der Waals surface area contributed by atoms with Crippen molar-refractivity contribution in [3.05, 3.63) is 444 Å². The molecule has 116 heavy (non-hydrogen) atoms. The predicted octanol–water partition coefficient (Wildman–Crippen LogP) is 25.1. The first-order chi connectivity index (χ1) is 57.4. The van der Waals surface area contributed by atoms with Crippen LogP contribution in [0.3, 0.4) is 0 Å². The third kappa shape index (κ3) is 11.3. The van der Waals surface area contributed by atoms with E-state index in [4.69, 9.17) is 39.4 Å². The number of rotatable bonds is 10. The van der Waals surface area contributed by atoms with Crippen LogP contribution in [0.15, 0.2) is 388 Å². The number of ether oxygens (including phenoxy) is 2. The molecule has 10 heteroatoms. The molecular formula is C106H64N8O2. The molecule has 0 atom stereocenters. The molecule has 18 aromatic rings. The average molecular weight is 1480 g/mol. The maximum absolute atomic E-state index is 9.51. The van der Waals surface area contributed by atoms with Crippen molar-refractivity contribution in [1.82, 2.24) is 29.9 Å². The Balaban J connectivity index is 0.000000145. The minimum absolute atomic E-state index is 0.605. The number of para-hydroxylation sites is 3. The van der Waals surface area contributed by atoms with E-state index >= 15 is 0 Å². The molecule has 0 saturated carbocycles. The van der Waals surface area contributed by atoms with Crippen molar-refractivity contribution in [1.29, 1.82) is 10.5 Å². The van der Waals surface area contributed by atoms with Crippen molar-refractivity contribution < 1.29 is 9.47 Å². The number of nitriles is 2. The lowest BCUT2D eigenvalue weighted by Gasteiger charge is -2.40. The molecule has 0 fully saturated rings. The van der Waals surface area contributed by atoms with Gasteiger partial charge in [-0.3, -0.25) is 0 Å². The minimum atomic E-state index is -0.692. The fraction of sp³-hybridized carbons (Fsp3) is 0.0189. The Morgan fingerprint density at radius 1 is 0.198 bits per heavy atom. The van der Waals surface area contributed by atoms with E-state index in [-0.39, 0.29) is 0 Å². The van der Waals surface area contributed by atoms with Gasteiger partial charge in [0.15, 0.2) is 34.9 Å². The standard InChI is InChI=1S/2C53H32N4O/c54-33-34-22-24-35(25-23-34)36-26-28-37(29-27-36)41-16-11-19-45-49(41)42-31-30-40(32-46(42)53(45)43-17-7-9-20-47(43)58-48-21-10-8-18-44(48)53)52-56-50(38-12-3-1-4-13-38)55-51(57-52)39-14-5-2-6-15-39;54-33-34-22-24-36(25-23-34)41-18-11-21-46-49(41)58-48-31-30-40(32-47(48)53(46)44-19-9-7-16-42(44)43-17-8-10-20-45(43)53)35-26-28-39(29-27-35)52-56-50(37-12-3-1-4-13-37)55-51(57-52)38-14-5-2-6-15-38/h2*1-32H. The number of benzene rings is 16. The lowest BCUT2D eigenvalue weighted by Crippen LogP contribution is -2.32. The fourth-order valence-electron chi connectivity index (χ4n) is 17.6. The SMILES string of the molecule is N#Cc1ccc(-c2ccc(-c3cccc4c3-c3ccc(-c5nc(-c6ccccc6)nc(-c6ccccc6)n5)cc3C43c4ccccc4Oc4ccccc43)cc2)cc1.N#Cc1ccc(-c2cccc3c2Oc2ccc(-c4ccc(-c5nc(-c6ccccc6)nc(-c6ccccc6)n5)cc4)cc2C32c3ccccc3-c3ccccc32)cc1. The van der Waals surface area contributed by atoms with Crippen molar-refractivity contribution in [3.8, 4) is 170 Å². The zero-order valence-corrected chi connectivity index (χ0v) is 62.3. The van der Waals surface area contributed by atoms with Crippen molar-refractivity contribution in [3.63, 3.8) is 0 Å². The van der Waals surface area contributed by atoms with Crippen LogP contribution in [0.25, 0.3) is 135 Å². The fourth-order valence-corrected chi connectivity index (χ4v) is 17.6. The second kappa shape index (κ2) is 28.1. The highest BCUT2D eigenvalue weighted by molar-refractivity contribution is 5.98. The summed E-state index contributed by atoms with van der Waals surface area (Å²) in [4.78, 5) is 30.0. The normalized spacial score (nSPS) is 12.7. The molecule has 0 saturated heterocycles. The Morgan fingerprint density at radius 3 is 1.01 bits per heavy atom. The van der Waals surface area contributed by atoms with Gasteiger partial charge in [-0.2, -0.15) is 10.5 Å². The van der Waals surface area contributed by atoms with Gasteiger partial charge in [0.05, 0.1) is 34.1 Å². The summed E-state index contributed by atoms with van der Waals surface area (Å²) in [5, 5.41) is 18.8. The maximum atomic E-state index is 9.51. The summed E-state index contributed by atoms with van der Waals surface area (Å²) in [6.07, 6.45) is 0. The highest BCUT2D eigenvalue weighted by Crippen LogP contribution is 2.66. The van der Waals surface area contributed by atoms with Crippen LogP contribution in [0.5, 0.6) is 23.0 Å². The lowest BCUT2D eigenvalue weighted by molar-refractivity contribution is 0.436. The number of hydrogen-bond donors (Lipinski definition) is 0. The van der Waals surface area contributed by atoms with E-state index in [0.717, 1.165) is 134 Å². The summed E-state index contributed by atoms with van der Waals surface area (Å²) in [5.74, 6) is 7.04. The summed E-state index contributed by atoms with van der Waals surface area (Å²) in [6.45, 7) is 0. The molecule has 22 rings (SSSR count). The van der Waals surface area contributed by atoms with E-state index in [1.165, 1.54) is 33.4 Å². The van der Waals surface area contributed by atoms with Gasteiger partial charge in [-0.1, -0.05) is 334 Å². The van der Waals surface area contributed by atoms with Gasteiger partial charge in [-0.15, -0.1) is 0 Å². The van der Waals surface area contributed by atoms with Gasteiger partial charge in [0.2, 0.25) is 0 Å². The van der Waals surface area contributed by atoms with Crippen molar-refractivity contribution >= 4 is 0 Å². The molecule has 0 unspecified atom stereocenters. The lowest BCUT2D eigenvalue weighted by atomic mass is 9.65. The molecule has 0 amide bonds. The van der Waals surface area contributed by atoms with Crippen LogP contribution < -0.4 is 9.47 Å². The molecule has 10 nitrogen and oxygen atoms in total. The van der Waals surface area contributed by atoms with Gasteiger partial charge >= 0.3 is 0 Å². The van der Waals surface area contributed by atoms with Crippen LogP contribution >= 0.6 is 0 Å². The van der Waals surface area contributed by atoms with Crippen molar-refractivity contribution in [2.45, 2.75) is 10.8 Å². The van der Waals surface area contributed by atoms with Crippen LogP contribution in [-0.2, 0) is 10.8 Å². The highest BCUT2D eigenvalue weighted by atomic mass is 16.5. The van der Waals surface area contributed by atoms with Gasteiger partial charge in [0.1, 0.15) is 23.0 Å². The summed E-state index contributed by atoms with van der Waals surface area (Å²) < 4.78 is 13.7. The molecule has 2 aliphatic heterocycles. The zero-order chi connectivity index (χ0) is 77.3. The van der Waals surface area contributed by atoms with Crippen LogP contribution in [-0.4, -0.2) is 29.9 Å². The highest BCUT2D eigenvalue weighted by Gasteiger charge is 2.54. The van der Waals surface area contributed by atoms with E-state index in [1.807, 2.05) is 182 Å². The molecule has 540 valence electrons. The molecule has 2 aromatic heterocycles. The second-order valence-corrected chi connectivity index (χ2v) is 29.3. The van der Waals surface area contributed by atoms with E-state index < -0.39 is 10.8 Å². The van der Waals surface area contributed by atoms with Gasteiger partial charge < -0.3 is 9.47 Å². The van der Waals surface area contributed by atoms with Crippen LogP contribution in [0.4, 0.5) is 0 Å². The third-order valence-corrected chi connectivity index (χ3v) is 22.9. The first kappa shape index (κ1) is 68.2. The number of fused-ring (bicyclic) bond motifs is 18. The molecule has 4 aliphatic rings.